The fraction of sp³-hybridized carbons (Fsp3) is 0.533. The number of carbonyl (C=O) groups excluding carboxylic acids is 1. The van der Waals surface area contributed by atoms with Gasteiger partial charge in [-0.25, -0.2) is 8.42 Å². The minimum Gasteiger partial charge on any atom is -0.492 e. The normalized spacial score (nSPS) is 22.8. The molecule has 1 fully saturated rings. The zero-order valence-corrected chi connectivity index (χ0v) is 13.4. The zero-order valence-electron chi connectivity index (χ0n) is 12.6. The molecule has 120 valence electrons. The fourth-order valence-corrected chi connectivity index (χ4v) is 3.81. The molecule has 0 radical (unpaired) electrons. The smallest absolute Gasteiger partial charge is 0.229 e. The first-order chi connectivity index (χ1) is 10.4. The van der Waals surface area contributed by atoms with E-state index in [1.807, 2.05) is 24.3 Å². The van der Waals surface area contributed by atoms with E-state index in [-0.39, 0.29) is 11.8 Å². The average Bonchev–Trinajstić information content (AvgIpc) is 2.53. The van der Waals surface area contributed by atoms with Crippen molar-refractivity contribution in [3.8, 4) is 5.75 Å². The number of sulfonamides is 1. The van der Waals surface area contributed by atoms with Gasteiger partial charge >= 0.3 is 0 Å². The van der Waals surface area contributed by atoms with Crippen molar-refractivity contribution in [3.63, 3.8) is 0 Å². The predicted octanol–water partition coefficient (Wildman–Crippen LogP) is 0.342. The second-order valence-corrected chi connectivity index (χ2v) is 7.79. The Hall–Kier alpha value is -1.60. The molecule has 1 aromatic rings. The van der Waals surface area contributed by atoms with Crippen LogP contribution < -0.4 is 4.74 Å². The molecule has 0 saturated carbocycles. The van der Waals surface area contributed by atoms with E-state index < -0.39 is 10.0 Å². The number of ether oxygens (including phenoxy) is 1. The zero-order chi connectivity index (χ0) is 15.7. The van der Waals surface area contributed by atoms with Gasteiger partial charge in [-0.05, 0) is 18.1 Å². The summed E-state index contributed by atoms with van der Waals surface area (Å²) in [7, 11) is -3.17. The van der Waals surface area contributed by atoms with Gasteiger partial charge in [-0.3, -0.25) is 4.79 Å². The highest BCUT2D eigenvalue weighted by molar-refractivity contribution is 7.88. The lowest BCUT2D eigenvalue weighted by molar-refractivity contribution is -0.138. The van der Waals surface area contributed by atoms with Crippen LogP contribution in [0.4, 0.5) is 0 Å². The van der Waals surface area contributed by atoms with E-state index in [1.165, 1.54) is 10.6 Å². The molecule has 0 aliphatic carbocycles. The number of hydrogen-bond acceptors (Lipinski definition) is 4. The standard InChI is InChI=1S/C15H20N2O4S/c1-22(19,20)17-8-6-16(7-9-17)15(18)13-10-12-4-2-3-5-14(12)21-11-13/h2-5,13H,6-11H2,1H3/t13-/m1/s1. The summed E-state index contributed by atoms with van der Waals surface area (Å²) in [5, 5.41) is 0. The molecular formula is C15H20N2O4S. The maximum absolute atomic E-state index is 12.6. The molecule has 0 spiro atoms. The highest BCUT2D eigenvalue weighted by Crippen LogP contribution is 2.28. The number of piperazine rings is 1. The molecule has 1 atom stereocenters. The monoisotopic (exact) mass is 324 g/mol. The summed E-state index contributed by atoms with van der Waals surface area (Å²) in [5.41, 5.74) is 1.06. The van der Waals surface area contributed by atoms with E-state index in [2.05, 4.69) is 0 Å². The molecule has 0 unspecified atom stereocenters. The summed E-state index contributed by atoms with van der Waals surface area (Å²) in [6, 6.07) is 7.77. The number of benzene rings is 1. The number of nitrogens with zero attached hydrogens (tertiary/aromatic N) is 2. The number of amides is 1. The molecule has 1 aromatic carbocycles. The third-order valence-corrected chi connectivity index (χ3v) is 5.55. The summed E-state index contributed by atoms with van der Waals surface area (Å²) in [5.74, 6) is 0.732. The quantitative estimate of drug-likeness (QED) is 0.787. The van der Waals surface area contributed by atoms with Gasteiger partial charge in [-0.1, -0.05) is 18.2 Å². The molecule has 6 nitrogen and oxygen atoms in total. The summed E-state index contributed by atoms with van der Waals surface area (Å²) in [6.45, 7) is 2.03. The molecule has 1 saturated heterocycles. The highest BCUT2D eigenvalue weighted by Gasteiger charge is 2.32. The number of para-hydroxylation sites is 1. The largest absolute Gasteiger partial charge is 0.492 e. The summed E-state index contributed by atoms with van der Waals surface area (Å²) >= 11 is 0. The summed E-state index contributed by atoms with van der Waals surface area (Å²) in [6.07, 6.45) is 1.89. The van der Waals surface area contributed by atoms with E-state index >= 15 is 0 Å². The second-order valence-electron chi connectivity index (χ2n) is 5.81. The molecule has 2 aliphatic rings. The van der Waals surface area contributed by atoms with Crippen LogP contribution in [-0.4, -0.2) is 62.6 Å². The molecular weight excluding hydrogens is 304 g/mol. The van der Waals surface area contributed by atoms with Crippen LogP contribution in [0, 0.1) is 5.92 Å². The van der Waals surface area contributed by atoms with Crippen LogP contribution in [-0.2, 0) is 21.2 Å². The van der Waals surface area contributed by atoms with Gasteiger partial charge in [0.2, 0.25) is 15.9 Å². The number of hydrogen-bond donors (Lipinski definition) is 0. The molecule has 1 amide bonds. The Morgan fingerprint density at radius 1 is 1.18 bits per heavy atom. The lowest BCUT2D eigenvalue weighted by Crippen LogP contribution is -2.52. The Morgan fingerprint density at radius 2 is 1.86 bits per heavy atom. The van der Waals surface area contributed by atoms with Crippen molar-refractivity contribution in [2.24, 2.45) is 5.92 Å². The van der Waals surface area contributed by atoms with Crippen molar-refractivity contribution < 1.29 is 17.9 Å². The molecule has 0 aromatic heterocycles. The van der Waals surface area contributed by atoms with Gasteiger partial charge in [-0.2, -0.15) is 4.31 Å². The van der Waals surface area contributed by atoms with Crippen LogP contribution in [0.15, 0.2) is 24.3 Å². The lowest BCUT2D eigenvalue weighted by Gasteiger charge is -2.36. The maximum atomic E-state index is 12.6. The van der Waals surface area contributed by atoms with Crippen LogP contribution in [0.3, 0.4) is 0 Å². The van der Waals surface area contributed by atoms with Crippen molar-refractivity contribution in [3.05, 3.63) is 29.8 Å². The van der Waals surface area contributed by atoms with E-state index in [4.69, 9.17) is 4.74 Å². The second kappa shape index (κ2) is 5.89. The van der Waals surface area contributed by atoms with Gasteiger partial charge in [0.15, 0.2) is 0 Å². The SMILES string of the molecule is CS(=O)(=O)N1CCN(C(=O)[C@H]2COc3ccccc3C2)CC1. The Morgan fingerprint density at radius 3 is 2.55 bits per heavy atom. The third kappa shape index (κ3) is 3.10. The Kier molecular flexibility index (Phi) is 4.10. The molecule has 2 aliphatic heterocycles. The van der Waals surface area contributed by atoms with Gasteiger partial charge < -0.3 is 9.64 Å². The number of fused-ring (bicyclic) bond motifs is 1. The number of carbonyl (C=O) groups is 1. The van der Waals surface area contributed by atoms with E-state index in [1.54, 1.807) is 4.90 Å². The van der Waals surface area contributed by atoms with Crippen molar-refractivity contribution >= 4 is 15.9 Å². The Balaban J connectivity index is 1.62. The summed E-state index contributed by atoms with van der Waals surface area (Å²) in [4.78, 5) is 14.4. The van der Waals surface area contributed by atoms with Crippen LogP contribution in [0.2, 0.25) is 0 Å². The van der Waals surface area contributed by atoms with Crippen LogP contribution in [0.1, 0.15) is 5.56 Å². The number of rotatable bonds is 2. The van der Waals surface area contributed by atoms with Crippen LogP contribution in [0.5, 0.6) is 5.75 Å². The van der Waals surface area contributed by atoms with E-state index in [0.717, 1.165) is 11.3 Å². The van der Waals surface area contributed by atoms with Crippen molar-refractivity contribution in [1.29, 1.82) is 0 Å². The van der Waals surface area contributed by atoms with Gasteiger partial charge in [0.05, 0.1) is 12.2 Å². The topological polar surface area (TPSA) is 66.9 Å². The maximum Gasteiger partial charge on any atom is 0.229 e. The lowest BCUT2D eigenvalue weighted by atomic mass is 9.95. The minimum atomic E-state index is -3.17. The van der Waals surface area contributed by atoms with Crippen molar-refractivity contribution in [2.75, 3.05) is 39.0 Å². The molecule has 0 N–H and O–H groups in total. The Bertz CT molecular complexity index is 666. The molecule has 22 heavy (non-hydrogen) atoms. The van der Waals surface area contributed by atoms with E-state index in [9.17, 15) is 13.2 Å². The summed E-state index contributed by atoms with van der Waals surface area (Å²) < 4.78 is 30.1. The van der Waals surface area contributed by atoms with Gasteiger partial charge in [0.1, 0.15) is 12.4 Å². The van der Waals surface area contributed by atoms with Gasteiger partial charge in [-0.15, -0.1) is 0 Å². The highest BCUT2D eigenvalue weighted by atomic mass is 32.2. The van der Waals surface area contributed by atoms with Crippen molar-refractivity contribution in [1.82, 2.24) is 9.21 Å². The van der Waals surface area contributed by atoms with Crippen LogP contribution >= 0.6 is 0 Å². The third-order valence-electron chi connectivity index (χ3n) is 4.25. The van der Waals surface area contributed by atoms with Gasteiger partial charge in [0, 0.05) is 26.2 Å². The Labute approximate surface area is 130 Å². The first kappa shape index (κ1) is 15.3. The molecule has 0 bridgehead atoms. The molecule has 2 heterocycles. The first-order valence-electron chi connectivity index (χ1n) is 7.40. The molecule has 7 heteroatoms. The average molecular weight is 324 g/mol. The minimum absolute atomic E-state index is 0.0580. The van der Waals surface area contributed by atoms with E-state index in [0.29, 0.717) is 39.2 Å². The van der Waals surface area contributed by atoms with Gasteiger partial charge in [0.25, 0.3) is 0 Å². The fourth-order valence-electron chi connectivity index (χ4n) is 2.98. The first-order valence-corrected chi connectivity index (χ1v) is 9.24. The van der Waals surface area contributed by atoms with Crippen molar-refractivity contribution in [2.45, 2.75) is 6.42 Å². The predicted molar refractivity (Wildman–Crippen MR) is 82.1 cm³/mol. The van der Waals surface area contributed by atoms with Crippen LogP contribution in [0.25, 0.3) is 0 Å². The molecule has 3 rings (SSSR count).